The first-order valence-corrected chi connectivity index (χ1v) is 5.28. The molecule has 0 aliphatic carbocycles. The molecule has 8 heteroatoms. The minimum atomic E-state index is -1.42. The Morgan fingerprint density at radius 3 is 2.63 bits per heavy atom. The normalized spacial score (nSPS) is 10.2. The maximum atomic E-state index is 12.1. The van der Waals surface area contributed by atoms with E-state index in [4.69, 9.17) is 5.11 Å². The minimum Gasteiger partial charge on any atom is -0.475 e. The summed E-state index contributed by atoms with van der Waals surface area (Å²) in [6, 6.07) is 5.56. The van der Waals surface area contributed by atoms with Crippen LogP contribution in [0.1, 0.15) is 10.6 Å². The third kappa shape index (κ3) is 2.23. The predicted molar refractivity (Wildman–Crippen MR) is 66.8 cm³/mol. The van der Waals surface area contributed by atoms with Crippen LogP contribution in [0.25, 0.3) is 10.9 Å². The molecule has 1 aromatic heterocycles. The van der Waals surface area contributed by atoms with Crippen LogP contribution in [0.3, 0.4) is 0 Å². The molecule has 0 bridgehead atoms. The van der Waals surface area contributed by atoms with Crippen LogP contribution in [-0.2, 0) is 0 Å². The molecule has 2 amide bonds. The summed E-state index contributed by atoms with van der Waals surface area (Å²) in [5, 5.41) is 11.5. The smallest absolute Gasteiger partial charge is 0.374 e. The molecule has 0 aliphatic rings. The summed E-state index contributed by atoms with van der Waals surface area (Å²) in [7, 11) is 1.34. The lowest BCUT2D eigenvalue weighted by atomic mass is 10.2. The van der Waals surface area contributed by atoms with Gasteiger partial charge in [-0.1, -0.05) is 12.1 Å². The highest BCUT2D eigenvalue weighted by atomic mass is 16.4. The standard InChI is InChI=1S/C11H10N4O4/c1-12-11(19)14-15-8(10(17)18)13-7-5-3-2-4-6(7)9(15)16/h2-5H,1H3,(H,17,18)(H2,12,14,19). The second-order valence-corrected chi connectivity index (χ2v) is 3.59. The van der Waals surface area contributed by atoms with Crippen molar-refractivity contribution in [1.29, 1.82) is 0 Å². The van der Waals surface area contributed by atoms with Crippen molar-refractivity contribution in [1.82, 2.24) is 15.0 Å². The molecule has 8 nitrogen and oxygen atoms in total. The second kappa shape index (κ2) is 4.77. The van der Waals surface area contributed by atoms with Gasteiger partial charge >= 0.3 is 12.0 Å². The minimum absolute atomic E-state index is 0.212. The number of benzene rings is 1. The van der Waals surface area contributed by atoms with Crippen LogP contribution in [0.15, 0.2) is 29.1 Å². The second-order valence-electron chi connectivity index (χ2n) is 3.59. The highest BCUT2D eigenvalue weighted by Crippen LogP contribution is 2.07. The molecule has 0 unspecified atom stereocenters. The van der Waals surface area contributed by atoms with Gasteiger partial charge in [0.15, 0.2) is 0 Å². The number of carbonyl (C=O) groups is 2. The Labute approximate surface area is 106 Å². The van der Waals surface area contributed by atoms with Crippen molar-refractivity contribution < 1.29 is 14.7 Å². The van der Waals surface area contributed by atoms with E-state index in [1.807, 2.05) is 0 Å². The fraction of sp³-hybridized carbons (Fsp3) is 0.0909. The summed E-state index contributed by atoms with van der Waals surface area (Å²) in [6.07, 6.45) is 0. The highest BCUT2D eigenvalue weighted by molar-refractivity contribution is 5.89. The quantitative estimate of drug-likeness (QED) is 0.703. The van der Waals surface area contributed by atoms with Crippen LogP contribution >= 0.6 is 0 Å². The number of nitrogens with one attached hydrogen (secondary N) is 2. The lowest BCUT2D eigenvalue weighted by Crippen LogP contribution is -2.41. The summed E-state index contributed by atoms with van der Waals surface area (Å²) in [4.78, 5) is 38.3. The summed E-state index contributed by atoms with van der Waals surface area (Å²) in [5.74, 6) is -1.98. The van der Waals surface area contributed by atoms with Crippen molar-refractivity contribution in [3.8, 4) is 0 Å². The largest absolute Gasteiger partial charge is 0.475 e. The number of aromatic nitrogens is 2. The first-order chi connectivity index (χ1) is 9.04. The number of urea groups is 1. The average Bonchev–Trinajstić information content (AvgIpc) is 2.41. The Bertz CT molecular complexity index is 722. The number of carbonyl (C=O) groups excluding carboxylic acids is 1. The fourth-order valence-electron chi connectivity index (χ4n) is 1.54. The van der Waals surface area contributed by atoms with Gasteiger partial charge < -0.3 is 10.4 Å². The molecular formula is C11H10N4O4. The number of carboxylic acids is 1. The van der Waals surface area contributed by atoms with Crippen LogP contribution in [0, 0.1) is 0 Å². The molecule has 3 N–H and O–H groups in total. The van der Waals surface area contributed by atoms with Gasteiger partial charge in [-0.3, -0.25) is 4.79 Å². The number of carboxylic acid groups (broad SMARTS) is 1. The Hall–Kier alpha value is -2.90. The van der Waals surface area contributed by atoms with Crippen molar-refractivity contribution in [3.05, 3.63) is 40.4 Å². The lowest BCUT2D eigenvalue weighted by Gasteiger charge is -2.11. The van der Waals surface area contributed by atoms with Crippen molar-refractivity contribution in [2.45, 2.75) is 0 Å². The molecule has 98 valence electrons. The topological polar surface area (TPSA) is 113 Å². The van der Waals surface area contributed by atoms with Gasteiger partial charge in [0.1, 0.15) is 0 Å². The fourth-order valence-corrected chi connectivity index (χ4v) is 1.54. The molecule has 2 aromatic rings. The Balaban J connectivity index is 2.75. The first kappa shape index (κ1) is 12.6. The van der Waals surface area contributed by atoms with Crippen LogP contribution in [0.4, 0.5) is 4.79 Å². The molecule has 0 aliphatic heterocycles. The van der Waals surface area contributed by atoms with Crippen LogP contribution in [0.5, 0.6) is 0 Å². The van der Waals surface area contributed by atoms with E-state index in [0.29, 0.717) is 4.68 Å². The van der Waals surface area contributed by atoms with Gasteiger partial charge in [-0.15, -0.1) is 0 Å². The van der Waals surface area contributed by atoms with E-state index in [-0.39, 0.29) is 10.9 Å². The summed E-state index contributed by atoms with van der Waals surface area (Å²) >= 11 is 0. The van der Waals surface area contributed by atoms with E-state index in [1.54, 1.807) is 12.1 Å². The maximum Gasteiger partial charge on any atom is 0.374 e. The van der Waals surface area contributed by atoms with Gasteiger partial charge in [0.2, 0.25) is 5.82 Å². The zero-order valence-corrected chi connectivity index (χ0v) is 9.88. The number of rotatable bonds is 2. The van der Waals surface area contributed by atoms with E-state index in [1.165, 1.54) is 19.2 Å². The number of aromatic carboxylic acids is 1. The third-order valence-corrected chi connectivity index (χ3v) is 2.41. The van der Waals surface area contributed by atoms with Crippen molar-refractivity contribution in [2.24, 2.45) is 0 Å². The summed E-state index contributed by atoms with van der Waals surface area (Å²) < 4.78 is 0.601. The van der Waals surface area contributed by atoms with E-state index >= 15 is 0 Å². The zero-order chi connectivity index (χ0) is 14.0. The highest BCUT2D eigenvalue weighted by Gasteiger charge is 2.17. The van der Waals surface area contributed by atoms with Crippen molar-refractivity contribution in [3.63, 3.8) is 0 Å². The van der Waals surface area contributed by atoms with Gasteiger partial charge in [0.05, 0.1) is 10.9 Å². The number of para-hydroxylation sites is 1. The molecule has 0 saturated heterocycles. The van der Waals surface area contributed by atoms with E-state index in [2.05, 4.69) is 15.7 Å². The third-order valence-electron chi connectivity index (χ3n) is 2.41. The van der Waals surface area contributed by atoms with Gasteiger partial charge in [0, 0.05) is 7.05 Å². The van der Waals surface area contributed by atoms with Gasteiger partial charge in [0.25, 0.3) is 5.56 Å². The lowest BCUT2D eigenvalue weighted by molar-refractivity contribution is 0.0679. The monoisotopic (exact) mass is 262 g/mol. The maximum absolute atomic E-state index is 12.1. The molecule has 0 fully saturated rings. The van der Waals surface area contributed by atoms with Crippen molar-refractivity contribution in [2.75, 3.05) is 12.5 Å². The Morgan fingerprint density at radius 1 is 1.32 bits per heavy atom. The van der Waals surface area contributed by atoms with Crippen LogP contribution < -0.4 is 16.3 Å². The molecule has 0 radical (unpaired) electrons. The number of hydrogen-bond acceptors (Lipinski definition) is 4. The number of fused-ring (bicyclic) bond motifs is 1. The number of amides is 2. The Kier molecular flexibility index (Phi) is 3.15. The first-order valence-electron chi connectivity index (χ1n) is 5.28. The Morgan fingerprint density at radius 2 is 2.00 bits per heavy atom. The number of hydrogen-bond donors (Lipinski definition) is 3. The molecule has 0 saturated carbocycles. The van der Waals surface area contributed by atoms with Crippen LogP contribution in [-0.4, -0.2) is 33.8 Å². The van der Waals surface area contributed by atoms with Crippen molar-refractivity contribution >= 4 is 22.9 Å². The summed E-state index contributed by atoms with van der Waals surface area (Å²) in [5.41, 5.74) is 1.70. The summed E-state index contributed by atoms with van der Waals surface area (Å²) in [6.45, 7) is 0. The van der Waals surface area contributed by atoms with Gasteiger partial charge in [-0.25, -0.2) is 20.0 Å². The zero-order valence-electron chi connectivity index (χ0n) is 9.88. The average molecular weight is 262 g/mol. The molecular weight excluding hydrogens is 252 g/mol. The van der Waals surface area contributed by atoms with E-state index in [9.17, 15) is 14.4 Å². The van der Waals surface area contributed by atoms with E-state index < -0.39 is 23.4 Å². The molecule has 1 heterocycles. The van der Waals surface area contributed by atoms with Crippen LogP contribution in [0.2, 0.25) is 0 Å². The molecule has 2 rings (SSSR count). The predicted octanol–water partition coefficient (Wildman–Crippen LogP) is -0.0224. The molecule has 0 spiro atoms. The van der Waals surface area contributed by atoms with Gasteiger partial charge in [-0.05, 0) is 12.1 Å². The number of nitrogens with zero attached hydrogens (tertiary/aromatic N) is 2. The van der Waals surface area contributed by atoms with E-state index in [0.717, 1.165) is 0 Å². The van der Waals surface area contributed by atoms with Gasteiger partial charge in [-0.2, -0.15) is 4.68 Å². The molecule has 1 aromatic carbocycles. The SMILES string of the molecule is CNC(=O)Nn1c(C(=O)O)nc2ccccc2c1=O. The molecule has 0 atom stereocenters. The molecule has 19 heavy (non-hydrogen) atoms.